The number of guanidine groups is 1. The lowest BCUT2D eigenvalue weighted by atomic mass is 10.1. The number of nitrogens with one attached hydrogen (secondary N) is 2. The Morgan fingerprint density at radius 3 is 2.85 bits per heavy atom. The van der Waals surface area contributed by atoms with Gasteiger partial charge in [-0.3, -0.25) is 4.99 Å². The lowest BCUT2D eigenvalue weighted by Crippen LogP contribution is -2.38. The molecule has 1 heterocycles. The molecule has 1 aliphatic heterocycles. The predicted molar refractivity (Wildman–Crippen MR) is 95.0 cm³/mol. The fraction of sp³-hybridized carbons (Fsp3) is 0.316. The lowest BCUT2D eigenvalue weighted by molar-refractivity contribution is -0.0172. The van der Waals surface area contributed by atoms with Crippen LogP contribution in [0.3, 0.4) is 0 Å². The van der Waals surface area contributed by atoms with E-state index in [1.54, 1.807) is 13.1 Å². The van der Waals surface area contributed by atoms with E-state index in [-0.39, 0.29) is 18.4 Å². The number of nitrogens with zero attached hydrogens (tertiary/aromatic N) is 1. The molecule has 0 aliphatic carbocycles. The SMILES string of the molecule is CN=C(NCCc1cc(F)cc2c1OCOC2)NCc1cccc(F)c1. The molecule has 26 heavy (non-hydrogen) atoms. The van der Waals surface area contributed by atoms with Crippen molar-refractivity contribution in [3.8, 4) is 5.75 Å². The normalized spacial score (nSPS) is 13.7. The summed E-state index contributed by atoms with van der Waals surface area (Å²) >= 11 is 0. The van der Waals surface area contributed by atoms with Crippen molar-refractivity contribution >= 4 is 5.96 Å². The van der Waals surface area contributed by atoms with Gasteiger partial charge in [0.25, 0.3) is 0 Å². The average Bonchev–Trinajstić information content (AvgIpc) is 2.64. The molecular weight excluding hydrogens is 340 g/mol. The van der Waals surface area contributed by atoms with Gasteiger partial charge in [0, 0.05) is 25.7 Å². The first-order valence-electron chi connectivity index (χ1n) is 8.36. The van der Waals surface area contributed by atoms with E-state index in [4.69, 9.17) is 9.47 Å². The van der Waals surface area contributed by atoms with E-state index in [0.29, 0.717) is 37.8 Å². The third-order valence-electron chi connectivity index (χ3n) is 4.01. The number of benzene rings is 2. The van der Waals surface area contributed by atoms with Crippen molar-refractivity contribution in [2.75, 3.05) is 20.4 Å². The van der Waals surface area contributed by atoms with Crippen molar-refractivity contribution in [2.24, 2.45) is 4.99 Å². The van der Waals surface area contributed by atoms with E-state index < -0.39 is 0 Å². The summed E-state index contributed by atoms with van der Waals surface area (Å²) in [7, 11) is 1.66. The Morgan fingerprint density at radius 2 is 2.04 bits per heavy atom. The summed E-state index contributed by atoms with van der Waals surface area (Å²) in [4.78, 5) is 4.14. The molecule has 0 unspecified atom stereocenters. The van der Waals surface area contributed by atoms with Crippen LogP contribution in [0.5, 0.6) is 5.75 Å². The Morgan fingerprint density at radius 1 is 1.15 bits per heavy atom. The van der Waals surface area contributed by atoms with Crippen LogP contribution in [0.1, 0.15) is 16.7 Å². The maximum Gasteiger partial charge on any atom is 0.191 e. The van der Waals surface area contributed by atoms with E-state index in [9.17, 15) is 8.78 Å². The van der Waals surface area contributed by atoms with Gasteiger partial charge in [0.15, 0.2) is 12.8 Å². The second-order valence-corrected chi connectivity index (χ2v) is 5.90. The maximum absolute atomic E-state index is 13.7. The summed E-state index contributed by atoms with van der Waals surface area (Å²) in [6.07, 6.45) is 0.570. The standard InChI is InChI=1S/C19H21F2N3O2/c1-22-19(24-10-13-3-2-4-16(20)7-13)23-6-5-14-8-17(21)9-15-11-25-12-26-18(14)15/h2-4,7-9H,5-6,10-12H2,1H3,(H2,22,23,24). The van der Waals surface area contributed by atoms with Crippen LogP contribution in [0.4, 0.5) is 8.78 Å². The van der Waals surface area contributed by atoms with Crippen molar-refractivity contribution in [1.82, 2.24) is 10.6 Å². The van der Waals surface area contributed by atoms with Gasteiger partial charge in [0.2, 0.25) is 0 Å². The molecule has 0 fully saturated rings. The van der Waals surface area contributed by atoms with Gasteiger partial charge in [-0.2, -0.15) is 0 Å². The quantitative estimate of drug-likeness (QED) is 0.635. The highest BCUT2D eigenvalue weighted by Crippen LogP contribution is 2.29. The van der Waals surface area contributed by atoms with Gasteiger partial charge in [-0.05, 0) is 41.8 Å². The van der Waals surface area contributed by atoms with Crippen LogP contribution in [-0.4, -0.2) is 26.3 Å². The van der Waals surface area contributed by atoms with Crippen LogP contribution in [0, 0.1) is 11.6 Å². The summed E-state index contributed by atoms with van der Waals surface area (Å²) < 4.78 is 37.7. The number of hydrogen-bond donors (Lipinski definition) is 2. The first-order valence-corrected chi connectivity index (χ1v) is 8.36. The third-order valence-corrected chi connectivity index (χ3v) is 4.01. The molecule has 0 saturated carbocycles. The van der Waals surface area contributed by atoms with Crippen molar-refractivity contribution in [1.29, 1.82) is 0 Å². The van der Waals surface area contributed by atoms with Gasteiger partial charge in [-0.15, -0.1) is 0 Å². The van der Waals surface area contributed by atoms with Crippen LogP contribution in [0.2, 0.25) is 0 Å². The smallest absolute Gasteiger partial charge is 0.191 e. The minimum atomic E-state index is -0.304. The molecule has 2 aromatic rings. The van der Waals surface area contributed by atoms with Crippen LogP contribution in [-0.2, 0) is 24.3 Å². The molecule has 0 radical (unpaired) electrons. The number of halogens is 2. The Balaban J connectivity index is 1.54. The van der Waals surface area contributed by atoms with Gasteiger partial charge < -0.3 is 20.1 Å². The zero-order valence-corrected chi connectivity index (χ0v) is 14.5. The Bertz CT molecular complexity index is 796. The third kappa shape index (κ3) is 4.70. The highest BCUT2D eigenvalue weighted by atomic mass is 19.1. The fourth-order valence-corrected chi connectivity index (χ4v) is 2.81. The summed E-state index contributed by atoms with van der Waals surface area (Å²) in [6.45, 7) is 1.52. The van der Waals surface area contributed by atoms with E-state index >= 15 is 0 Å². The molecule has 0 aromatic heterocycles. The molecular formula is C19H21F2N3O2. The fourth-order valence-electron chi connectivity index (χ4n) is 2.81. The van der Waals surface area contributed by atoms with Crippen LogP contribution in [0.15, 0.2) is 41.4 Å². The molecule has 0 spiro atoms. The highest BCUT2D eigenvalue weighted by Gasteiger charge is 2.16. The number of hydrogen-bond acceptors (Lipinski definition) is 3. The molecule has 1 aliphatic rings. The Labute approximate surface area is 151 Å². The molecule has 2 aromatic carbocycles. The minimum Gasteiger partial charge on any atom is -0.467 e. The first-order chi connectivity index (χ1) is 12.7. The van der Waals surface area contributed by atoms with Crippen molar-refractivity contribution in [3.05, 3.63) is 64.7 Å². The zero-order chi connectivity index (χ0) is 18.4. The molecule has 138 valence electrons. The largest absolute Gasteiger partial charge is 0.467 e. The summed E-state index contributed by atoms with van der Waals surface area (Å²) in [5.41, 5.74) is 2.33. The summed E-state index contributed by atoms with van der Waals surface area (Å²) in [6, 6.07) is 9.29. The van der Waals surface area contributed by atoms with Gasteiger partial charge in [0.05, 0.1) is 6.61 Å². The predicted octanol–water partition coefficient (Wildman–Crippen LogP) is 2.74. The molecule has 0 atom stereocenters. The maximum atomic E-state index is 13.7. The van der Waals surface area contributed by atoms with Crippen molar-refractivity contribution in [2.45, 2.75) is 19.6 Å². The monoisotopic (exact) mass is 361 g/mol. The van der Waals surface area contributed by atoms with Crippen molar-refractivity contribution in [3.63, 3.8) is 0 Å². The van der Waals surface area contributed by atoms with E-state index in [1.165, 1.54) is 24.3 Å². The van der Waals surface area contributed by atoms with Gasteiger partial charge in [-0.25, -0.2) is 8.78 Å². The molecule has 2 N–H and O–H groups in total. The Hall–Kier alpha value is -2.67. The summed E-state index contributed by atoms with van der Waals surface area (Å²) in [5.74, 6) is 0.708. The molecule has 0 bridgehead atoms. The van der Waals surface area contributed by atoms with Gasteiger partial charge in [0.1, 0.15) is 17.4 Å². The van der Waals surface area contributed by atoms with Gasteiger partial charge >= 0.3 is 0 Å². The second kappa shape index (κ2) is 8.62. The number of fused-ring (bicyclic) bond motifs is 1. The number of aliphatic imine (C=N–C) groups is 1. The van der Waals surface area contributed by atoms with E-state index in [0.717, 1.165) is 16.7 Å². The molecule has 5 nitrogen and oxygen atoms in total. The van der Waals surface area contributed by atoms with E-state index in [2.05, 4.69) is 15.6 Å². The van der Waals surface area contributed by atoms with E-state index in [1.807, 2.05) is 6.07 Å². The van der Waals surface area contributed by atoms with Crippen LogP contribution in [0.25, 0.3) is 0 Å². The second-order valence-electron chi connectivity index (χ2n) is 5.90. The summed E-state index contributed by atoms with van der Waals surface area (Å²) in [5, 5.41) is 6.28. The molecule has 7 heteroatoms. The van der Waals surface area contributed by atoms with Crippen molar-refractivity contribution < 1.29 is 18.3 Å². The first kappa shape index (κ1) is 18.1. The molecule has 0 amide bonds. The number of rotatable bonds is 5. The molecule has 0 saturated heterocycles. The highest BCUT2D eigenvalue weighted by molar-refractivity contribution is 5.79. The Kier molecular flexibility index (Phi) is 6.01. The molecule has 3 rings (SSSR count). The van der Waals surface area contributed by atoms with Gasteiger partial charge in [-0.1, -0.05) is 12.1 Å². The number of ether oxygens (including phenoxy) is 2. The topological polar surface area (TPSA) is 54.9 Å². The van der Waals surface area contributed by atoms with Crippen LogP contribution < -0.4 is 15.4 Å². The average molecular weight is 361 g/mol. The zero-order valence-electron chi connectivity index (χ0n) is 14.5. The van der Waals surface area contributed by atoms with Crippen LogP contribution >= 0.6 is 0 Å². The minimum absolute atomic E-state index is 0.177. The lowest BCUT2D eigenvalue weighted by Gasteiger charge is -2.21.